The number of nitroso groups, excluding NO2 is 1. The van der Waals surface area contributed by atoms with Crippen LogP contribution in [0.3, 0.4) is 0 Å². The van der Waals surface area contributed by atoms with Crippen molar-refractivity contribution in [1.29, 1.82) is 0 Å². The number of esters is 1. The zero-order chi connectivity index (χ0) is 22.0. The van der Waals surface area contributed by atoms with Crippen LogP contribution in [0.5, 0.6) is 17.2 Å². The molecule has 0 fully saturated rings. The lowest BCUT2D eigenvalue weighted by molar-refractivity contribution is -0.474. The van der Waals surface area contributed by atoms with Crippen molar-refractivity contribution in [3.05, 3.63) is 76.2 Å². The molecule has 8 nitrogen and oxygen atoms in total. The van der Waals surface area contributed by atoms with Gasteiger partial charge in [-0.25, -0.2) is 4.79 Å². The molecule has 158 valence electrons. The highest BCUT2D eigenvalue weighted by Crippen LogP contribution is 2.45. The van der Waals surface area contributed by atoms with Crippen molar-refractivity contribution in [1.82, 2.24) is 0 Å². The Bertz CT molecular complexity index is 1170. The first-order chi connectivity index (χ1) is 15.0. The van der Waals surface area contributed by atoms with E-state index in [1.54, 1.807) is 37.4 Å². The summed E-state index contributed by atoms with van der Waals surface area (Å²) in [5, 5.41) is 0. The first-order valence-corrected chi connectivity index (χ1v) is 9.51. The summed E-state index contributed by atoms with van der Waals surface area (Å²) in [5.41, 5.74) is 4.06. The Hall–Kier alpha value is -4.07. The molecule has 31 heavy (non-hydrogen) atoms. The Morgan fingerprint density at radius 3 is 2.55 bits per heavy atom. The van der Waals surface area contributed by atoms with Crippen LogP contribution in [0.4, 0.5) is 5.69 Å². The van der Waals surface area contributed by atoms with Crippen LogP contribution >= 0.6 is 0 Å². The van der Waals surface area contributed by atoms with Gasteiger partial charge in [-0.2, -0.15) is 5.84 Å². The number of fused-ring (bicyclic) bond motifs is 1. The fourth-order valence-electron chi connectivity index (χ4n) is 3.51. The third kappa shape index (κ3) is 3.87. The molecule has 0 amide bonds. The third-order valence-corrected chi connectivity index (χ3v) is 5.04. The number of benzene rings is 3. The molecule has 1 aliphatic rings. The smallest absolute Gasteiger partial charge is 0.338 e. The monoisotopic (exact) mass is 421 g/mol. The molecule has 0 saturated carbocycles. The average molecular weight is 421 g/mol. The molecule has 0 spiro atoms. The van der Waals surface area contributed by atoms with Crippen molar-refractivity contribution in [2.45, 2.75) is 13.2 Å². The number of hydrazine groups is 1. The van der Waals surface area contributed by atoms with Gasteiger partial charge in [-0.1, -0.05) is 18.2 Å². The Morgan fingerprint density at radius 2 is 1.81 bits per heavy atom. The summed E-state index contributed by atoms with van der Waals surface area (Å²) >= 11 is 0. The van der Waals surface area contributed by atoms with E-state index in [9.17, 15) is 9.70 Å². The zero-order valence-corrected chi connectivity index (χ0v) is 17.1. The quantitative estimate of drug-likeness (QED) is 0.267. The minimum Gasteiger partial charge on any atom is -0.493 e. The Morgan fingerprint density at radius 1 is 1.00 bits per heavy atom. The SMILES string of the molecule is COc1ccc(-c2ccc3c(c2)COC3=O)c(OCc2cccc([N+](N)=O)c2)c1OC. The summed E-state index contributed by atoms with van der Waals surface area (Å²) in [7, 11) is 3.08. The van der Waals surface area contributed by atoms with Crippen LogP contribution in [0.2, 0.25) is 0 Å². The number of cyclic esters (lactones) is 1. The van der Waals surface area contributed by atoms with Crippen molar-refractivity contribution in [2.24, 2.45) is 5.84 Å². The molecular formula is C23H21N2O6+. The number of hydrogen-bond acceptors (Lipinski definition) is 6. The van der Waals surface area contributed by atoms with E-state index >= 15 is 0 Å². The molecule has 3 aromatic rings. The van der Waals surface area contributed by atoms with Crippen LogP contribution in [0.15, 0.2) is 54.6 Å². The summed E-state index contributed by atoms with van der Waals surface area (Å²) < 4.78 is 22.3. The van der Waals surface area contributed by atoms with Crippen molar-refractivity contribution in [3.8, 4) is 28.4 Å². The maximum Gasteiger partial charge on any atom is 0.338 e. The summed E-state index contributed by atoms with van der Waals surface area (Å²) in [6, 6.07) is 16.0. The standard InChI is InChI=1S/C23H21N2O6/c1-28-20-9-8-18(15-6-7-19-16(11-15)13-31-23(19)26)21(22(20)29-2)30-12-14-4-3-5-17(10-14)25(24)27/h3-11H,12-13H2,1-2H3,(H2,24,27)/q+1. The summed E-state index contributed by atoms with van der Waals surface area (Å²) in [4.78, 5) is 23.5. The number of rotatable bonds is 7. The van der Waals surface area contributed by atoms with Gasteiger partial charge in [0.05, 0.1) is 24.7 Å². The molecule has 0 bridgehead atoms. The highest BCUT2D eigenvalue weighted by atomic mass is 16.5. The molecule has 1 aliphatic heterocycles. The van der Waals surface area contributed by atoms with E-state index < -0.39 is 0 Å². The van der Waals surface area contributed by atoms with Crippen LogP contribution in [-0.4, -0.2) is 25.1 Å². The van der Waals surface area contributed by atoms with Crippen LogP contribution in [0.25, 0.3) is 11.1 Å². The topological polar surface area (TPSA) is 100 Å². The minimum absolute atomic E-state index is 0.171. The van der Waals surface area contributed by atoms with E-state index in [1.165, 1.54) is 7.11 Å². The summed E-state index contributed by atoms with van der Waals surface area (Å²) in [5.74, 6) is 6.40. The molecule has 4 rings (SSSR count). The minimum atomic E-state index is -0.322. The van der Waals surface area contributed by atoms with Gasteiger partial charge in [0, 0.05) is 23.3 Å². The number of carbonyl (C=O) groups is 1. The lowest BCUT2D eigenvalue weighted by atomic mass is 9.99. The van der Waals surface area contributed by atoms with Crippen LogP contribution in [0.1, 0.15) is 21.5 Å². The lowest BCUT2D eigenvalue weighted by Gasteiger charge is -2.18. The van der Waals surface area contributed by atoms with Crippen molar-refractivity contribution < 1.29 is 28.6 Å². The number of ether oxygens (including phenoxy) is 4. The first-order valence-electron chi connectivity index (χ1n) is 9.51. The molecule has 1 heterocycles. The number of nitrogens with two attached hydrogens (primary N) is 1. The van der Waals surface area contributed by atoms with Gasteiger partial charge in [-0.15, -0.1) is 0 Å². The van der Waals surface area contributed by atoms with Crippen LogP contribution in [-0.2, 0) is 18.0 Å². The highest BCUT2D eigenvalue weighted by Gasteiger charge is 2.24. The number of hydrogen-bond donors (Lipinski definition) is 1. The Kier molecular flexibility index (Phi) is 5.44. The molecule has 0 unspecified atom stereocenters. The Balaban J connectivity index is 1.74. The van der Waals surface area contributed by atoms with E-state index in [1.807, 2.05) is 24.3 Å². The van der Waals surface area contributed by atoms with Crippen molar-refractivity contribution >= 4 is 11.7 Å². The summed E-state index contributed by atoms with van der Waals surface area (Å²) in [6.45, 7) is 0.411. The molecular weight excluding hydrogens is 400 g/mol. The van der Waals surface area contributed by atoms with Crippen LogP contribution < -0.4 is 20.1 Å². The van der Waals surface area contributed by atoms with E-state index in [0.717, 1.165) is 22.3 Å². The van der Waals surface area contributed by atoms with Gasteiger partial charge in [-0.05, 0) is 35.4 Å². The van der Waals surface area contributed by atoms with E-state index in [2.05, 4.69) is 0 Å². The predicted octanol–water partition coefficient (Wildman–Crippen LogP) is 3.90. The van der Waals surface area contributed by atoms with Gasteiger partial charge in [0.2, 0.25) is 5.75 Å². The molecule has 3 aromatic carbocycles. The van der Waals surface area contributed by atoms with Gasteiger partial charge in [0.25, 0.3) is 5.69 Å². The second-order valence-corrected chi connectivity index (χ2v) is 6.91. The maximum absolute atomic E-state index is 11.8. The fourth-order valence-corrected chi connectivity index (χ4v) is 3.51. The second kappa shape index (κ2) is 8.35. The summed E-state index contributed by atoms with van der Waals surface area (Å²) in [6.07, 6.45) is 0. The van der Waals surface area contributed by atoms with Gasteiger partial charge >= 0.3 is 5.97 Å². The predicted molar refractivity (Wildman–Crippen MR) is 112 cm³/mol. The number of methoxy groups -OCH3 is 2. The van der Waals surface area contributed by atoms with Gasteiger partial charge < -0.3 is 18.9 Å². The molecule has 8 heteroatoms. The highest BCUT2D eigenvalue weighted by molar-refractivity contribution is 5.94. The largest absolute Gasteiger partial charge is 0.493 e. The molecule has 0 aromatic heterocycles. The molecule has 2 N–H and O–H groups in total. The van der Waals surface area contributed by atoms with E-state index in [-0.39, 0.29) is 19.2 Å². The first kappa shape index (κ1) is 20.2. The van der Waals surface area contributed by atoms with Gasteiger partial charge in [0.15, 0.2) is 16.4 Å². The lowest BCUT2D eigenvalue weighted by Crippen LogP contribution is -2.09. The van der Waals surface area contributed by atoms with Gasteiger partial charge in [0.1, 0.15) is 13.2 Å². The van der Waals surface area contributed by atoms with E-state index in [4.69, 9.17) is 24.8 Å². The zero-order valence-electron chi connectivity index (χ0n) is 17.1. The molecule has 0 saturated heterocycles. The van der Waals surface area contributed by atoms with E-state index in [0.29, 0.717) is 33.4 Å². The third-order valence-electron chi connectivity index (χ3n) is 5.04. The van der Waals surface area contributed by atoms with Gasteiger partial charge in [-0.3, -0.25) is 0 Å². The second-order valence-electron chi connectivity index (χ2n) is 6.91. The van der Waals surface area contributed by atoms with Crippen molar-refractivity contribution in [2.75, 3.05) is 14.2 Å². The molecule has 0 radical (unpaired) electrons. The Labute approximate surface area is 178 Å². The maximum atomic E-state index is 11.8. The fraction of sp³-hybridized carbons (Fsp3) is 0.174. The van der Waals surface area contributed by atoms with Crippen LogP contribution in [0, 0.1) is 4.91 Å². The number of nitrogens with zero attached hydrogens (tertiary/aromatic N) is 1. The number of carbonyl (C=O) groups excluding carboxylic acids is 1. The molecule has 0 atom stereocenters. The molecule has 0 aliphatic carbocycles. The average Bonchev–Trinajstić information content (AvgIpc) is 3.17. The normalized spacial score (nSPS) is 12.1. The van der Waals surface area contributed by atoms with Crippen molar-refractivity contribution in [3.63, 3.8) is 0 Å².